The Morgan fingerprint density at radius 1 is 1.23 bits per heavy atom. The van der Waals surface area contributed by atoms with Crippen LogP contribution in [0.1, 0.15) is 21.6 Å². The summed E-state index contributed by atoms with van der Waals surface area (Å²) < 4.78 is 19.6. The van der Waals surface area contributed by atoms with Gasteiger partial charge < -0.3 is 14.4 Å². The van der Waals surface area contributed by atoms with E-state index in [0.717, 1.165) is 5.56 Å². The molecule has 0 spiro atoms. The number of pyridine rings is 1. The fraction of sp³-hybridized carbons (Fsp3) is 0.211. The fourth-order valence-electron chi connectivity index (χ4n) is 2.68. The Morgan fingerprint density at radius 2 is 2.00 bits per heavy atom. The van der Waals surface area contributed by atoms with Gasteiger partial charge in [-0.15, -0.1) is 0 Å². The van der Waals surface area contributed by atoms with Crippen LogP contribution in [0.4, 0.5) is 4.39 Å². The molecule has 3 aromatic rings. The number of esters is 1. The van der Waals surface area contributed by atoms with Crippen LogP contribution in [0, 0.1) is 5.82 Å². The Morgan fingerprint density at radius 3 is 2.69 bits per heavy atom. The Bertz CT molecular complexity index is 907. The number of nitrogens with zero attached hydrogens (tertiary/aromatic N) is 3. The lowest BCUT2D eigenvalue weighted by Crippen LogP contribution is -2.09. The van der Waals surface area contributed by atoms with Crippen LogP contribution in [0.2, 0.25) is 0 Å². The van der Waals surface area contributed by atoms with Crippen molar-refractivity contribution in [2.24, 2.45) is 0 Å². The van der Waals surface area contributed by atoms with E-state index in [4.69, 9.17) is 4.74 Å². The van der Waals surface area contributed by atoms with E-state index in [2.05, 4.69) is 9.97 Å². The second-order valence-corrected chi connectivity index (χ2v) is 5.68. The molecular weight excluding hydrogens is 337 g/mol. The molecule has 26 heavy (non-hydrogen) atoms. The van der Waals surface area contributed by atoms with Gasteiger partial charge in [0.2, 0.25) is 0 Å². The molecule has 0 aliphatic carbocycles. The van der Waals surface area contributed by atoms with Crippen LogP contribution < -0.4 is 0 Å². The molecule has 0 saturated heterocycles. The Kier molecular flexibility index (Phi) is 5.38. The summed E-state index contributed by atoms with van der Waals surface area (Å²) in [6, 6.07) is 9.44. The van der Waals surface area contributed by atoms with Crippen LogP contribution in [-0.2, 0) is 24.3 Å². The Balaban J connectivity index is 1.90. The van der Waals surface area contributed by atoms with Gasteiger partial charge in [-0.05, 0) is 36.2 Å². The summed E-state index contributed by atoms with van der Waals surface area (Å²) >= 11 is 0. The van der Waals surface area contributed by atoms with Crippen molar-refractivity contribution in [2.75, 3.05) is 7.11 Å². The zero-order chi connectivity index (χ0) is 18.5. The highest BCUT2D eigenvalue weighted by Crippen LogP contribution is 2.20. The number of benzene rings is 1. The first kappa shape index (κ1) is 17.8. The number of imidazole rings is 1. The van der Waals surface area contributed by atoms with E-state index in [1.807, 2.05) is 4.57 Å². The number of hydrogen-bond acceptors (Lipinski definition) is 5. The SMILES string of the molecule is COC(=O)c1ccnc(-c2ncc(CO)n2CCc2ccc(F)cc2)c1. The monoisotopic (exact) mass is 355 g/mol. The predicted molar refractivity (Wildman–Crippen MR) is 92.8 cm³/mol. The van der Waals surface area contributed by atoms with Crippen molar-refractivity contribution >= 4 is 5.97 Å². The highest BCUT2D eigenvalue weighted by molar-refractivity contribution is 5.90. The molecular formula is C19H18FN3O3. The molecule has 7 heteroatoms. The van der Waals surface area contributed by atoms with E-state index in [0.29, 0.717) is 35.7 Å². The van der Waals surface area contributed by atoms with Crippen LogP contribution in [0.15, 0.2) is 48.8 Å². The van der Waals surface area contributed by atoms with E-state index >= 15 is 0 Å². The number of aliphatic hydroxyl groups is 1. The van der Waals surface area contributed by atoms with Gasteiger partial charge in [0, 0.05) is 12.7 Å². The number of aromatic nitrogens is 3. The van der Waals surface area contributed by atoms with Crippen LogP contribution in [0.5, 0.6) is 0 Å². The number of aliphatic hydroxyl groups excluding tert-OH is 1. The summed E-state index contributed by atoms with van der Waals surface area (Å²) in [7, 11) is 1.32. The predicted octanol–water partition coefficient (Wildman–Crippen LogP) is 2.61. The zero-order valence-corrected chi connectivity index (χ0v) is 14.2. The normalized spacial score (nSPS) is 10.7. The van der Waals surface area contributed by atoms with E-state index in [-0.39, 0.29) is 12.4 Å². The smallest absolute Gasteiger partial charge is 0.337 e. The molecule has 0 aliphatic rings. The summed E-state index contributed by atoms with van der Waals surface area (Å²) in [6.45, 7) is 0.355. The van der Waals surface area contributed by atoms with E-state index < -0.39 is 5.97 Å². The molecule has 134 valence electrons. The first-order chi connectivity index (χ1) is 12.6. The summed E-state index contributed by atoms with van der Waals surface area (Å²) in [6.07, 6.45) is 3.72. The first-order valence-corrected chi connectivity index (χ1v) is 8.07. The minimum Gasteiger partial charge on any atom is -0.465 e. The Labute approximate surface area is 149 Å². The lowest BCUT2D eigenvalue weighted by molar-refractivity contribution is 0.0600. The third-order valence-corrected chi connectivity index (χ3v) is 4.05. The molecule has 0 atom stereocenters. The quantitative estimate of drug-likeness (QED) is 0.688. The van der Waals surface area contributed by atoms with Crippen molar-refractivity contribution in [1.82, 2.24) is 14.5 Å². The maximum Gasteiger partial charge on any atom is 0.337 e. The third kappa shape index (κ3) is 3.78. The van der Waals surface area contributed by atoms with Gasteiger partial charge in [0.25, 0.3) is 0 Å². The number of aryl methyl sites for hydroxylation is 1. The van der Waals surface area contributed by atoms with Crippen LogP contribution in [0.25, 0.3) is 11.5 Å². The average Bonchev–Trinajstić information content (AvgIpc) is 3.10. The molecule has 2 aromatic heterocycles. The molecule has 0 saturated carbocycles. The van der Waals surface area contributed by atoms with Gasteiger partial charge in [0.15, 0.2) is 5.82 Å². The van der Waals surface area contributed by atoms with Gasteiger partial charge in [-0.25, -0.2) is 14.2 Å². The van der Waals surface area contributed by atoms with Crippen molar-refractivity contribution in [3.05, 3.63) is 71.4 Å². The summed E-state index contributed by atoms with van der Waals surface area (Å²) in [5.41, 5.74) is 2.47. The second kappa shape index (κ2) is 7.88. The number of carbonyl (C=O) groups excluding carboxylic acids is 1. The molecule has 0 unspecified atom stereocenters. The van der Waals surface area contributed by atoms with Gasteiger partial charge in [0.1, 0.15) is 11.5 Å². The summed E-state index contributed by atoms with van der Waals surface area (Å²) in [5, 5.41) is 9.59. The molecule has 0 amide bonds. The number of carbonyl (C=O) groups is 1. The van der Waals surface area contributed by atoms with Crippen LogP contribution in [0.3, 0.4) is 0 Å². The minimum atomic E-state index is -0.458. The van der Waals surface area contributed by atoms with Crippen molar-refractivity contribution < 1.29 is 19.0 Å². The van der Waals surface area contributed by atoms with Crippen LogP contribution >= 0.6 is 0 Å². The third-order valence-electron chi connectivity index (χ3n) is 4.05. The van der Waals surface area contributed by atoms with Gasteiger partial charge in [-0.2, -0.15) is 0 Å². The maximum atomic E-state index is 13.0. The van der Waals surface area contributed by atoms with E-state index in [1.165, 1.54) is 25.4 Å². The van der Waals surface area contributed by atoms with Crippen molar-refractivity contribution in [3.8, 4) is 11.5 Å². The summed E-state index contributed by atoms with van der Waals surface area (Å²) in [4.78, 5) is 20.4. The van der Waals surface area contributed by atoms with E-state index in [1.54, 1.807) is 30.5 Å². The molecule has 0 radical (unpaired) electrons. The highest BCUT2D eigenvalue weighted by Gasteiger charge is 2.15. The molecule has 6 nitrogen and oxygen atoms in total. The molecule has 1 aromatic carbocycles. The fourth-order valence-corrected chi connectivity index (χ4v) is 2.68. The zero-order valence-electron chi connectivity index (χ0n) is 14.2. The molecule has 2 heterocycles. The number of hydrogen-bond donors (Lipinski definition) is 1. The number of ether oxygens (including phenoxy) is 1. The van der Waals surface area contributed by atoms with Gasteiger partial charge in [0.05, 0.1) is 31.2 Å². The number of methoxy groups -OCH3 is 1. The lowest BCUT2D eigenvalue weighted by Gasteiger charge is -2.11. The van der Waals surface area contributed by atoms with Crippen molar-refractivity contribution in [2.45, 2.75) is 19.6 Å². The van der Waals surface area contributed by atoms with Gasteiger partial charge >= 0.3 is 5.97 Å². The molecule has 1 N–H and O–H groups in total. The molecule has 0 aliphatic heterocycles. The van der Waals surface area contributed by atoms with E-state index in [9.17, 15) is 14.3 Å². The maximum absolute atomic E-state index is 13.0. The highest BCUT2D eigenvalue weighted by atomic mass is 19.1. The summed E-state index contributed by atoms with van der Waals surface area (Å²) in [5.74, 6) is -0.195. The molecule has 0 fully saturated rings. The molecule has 3 rings (SSSR count). The van der Waals surface area contributed by atoms with Crippen molar-refractivity contribution in [1.29, 1.82) is 0 Å². The standard InChI is InChI=1S/C19H18FN3O3/c1-26-19(25)14-6-8-21-17(10-14)18-22-11-16(12-24)23(18)9-7-13-2-4-15(20)5-3-13/h2-6,8,10-11,24H,7,9,12H2,1H3. The molecule has 0 bridgehead atoms. The topological polar surface area (TPSA) is 77.2 Å². The minimum absolute atomic E-state index is 0.174. The Hall–Kier alpha value is -3.06. The average molecular weight is 355 g/mol. The van der Waals surface area contributed by atoms with Crippen molar-refractivity contribution in [3.63, 3.8) is 0 Å². The van der Waals surface area contributed by atoms with Crippen LogP contribution in [-0.4, -0.2) is 32.7 Å². The van der Waals surface area contributed by atoms with Gasteiger partial charge in [-0.3, -0.25) is 4.98 Å². The van der Waals surface area contributed by atoms with Gasteiger partial charge in [-0.1, -0.05) is 12.1 Å². The number of rotatable bonds is 6. The second-order valence-electron chi connectivity index (χ2n) is 5.68. The lowest BCUT2D eigenvalue weighted by atomic mass is 10.1. The first-order valence-electron chi connectivity index (χ1n) is 8.07. The number of halogens is 1. The largest absolute Gasteiger partial charge is 0.465 e.